The van der Waals surface area contributed by atoms with Gasteiger partial charge in [0.2, 0.25) is 0 Å². The zero-order valence-corrected chi connectivity index (χ0v) is 6.45. The van der Waals surface area contributed by atoms with Crippen LogP contribution in [0.15, 0.2) is 0 Å². The summed E-state index contributed by atoms with van der Waals surface area (Å²) < 4.78 is 14.4. The van der Waals surface area contributed by atoms with Gasteiger partial charge in [-0.05, 0) is 0 Å². The van der Waals surface area contributed by atoms with Crippen molar-refractivity contribution in [2.45, 2.75) is 6.10 Å². The van der Waals surface area contributed by atoms with E-state index in [4.69, 9.17) is 10.2 Å². The van der Waals surface area contributed by atoms with Gasteiger partial charge in [0.05, 0.1) is 13.2 Å². The van der Waals surface area contributed by atoms with E-state index in [9.17, 15) is 9.46 Å². The number of hydrogen-bond acceptors (Lipinski definition) is 5. The maximum absolute atomic E-state index is 10.3. The van der Waals surface area contributed by atoms with Crippen molar-refractivity contribution in [1.82, 2.24) is 0 Å². The van der Waals surface area contributed by atoms with Gasteiger partial charge in [0, 0.05) is 6.66 Å². The second kappa shape index (κ2) is 4.05. The van der Waals surface area contributed by atoms with Crippen LogP contribution in [0.3, 0.4) is 0 Å². The molecule has 0 bridgehead atoms. The summed E-state index contributed by atoms with van der Waals surface area (Å²) in [5.41, 5.74) is 0. The molecule has 0 spiro atoms. The first kappa shape index (κ1) is 10.1. The quantitative estimate of drug-likeness (QED) is 0.502. The van der Waals surface area contributed by atoms with Gasteiger partial charge in [-0.15, -0.1) is 0 Å². The van der Waals surface area contributed by atoms with Crippen molar-refractivity contribution in [3.8, 4) is 0 Å². The molecule has 0 aliphatic rings. The van der Waals surface area contributed by atoms with Crippen molar-refractivity contribution < 1.29 is 24.2 Å². The smallest absolute Gasteiger partial charge is 0.131 e. The van der Waals surface area contributed by atoms with E-state index in [-0.39, 0.29) is 6.61 Å². The fourth-order valence-electron chi connectivity index (χ4n) is 0.274. The predicted octanol–water partition coefficient (Wildman–Crippen LogP) is -1.46. The van der Waals surface area contributed by atoms with Gasteiger partial charge in [-0.1, -0.05) is 0 Å². The third kappa shape index (κ3) is 6.19. The largest absolute Gasteiger partial charge is 0.779 e. The molecular weight excluding hydrogens is 159 g/mol. The number of rotatable bonds is 4. The fourth-order valence-corrected chi connectivity index (χ4v) is 0.717. The lowest BCUT2D eigenvalue weighted by atomic mass is 10.4. The third-order valence-corrected chi connectivity index (χ3v) is 1.33. The number of aliphatic hydroxyl groups excluding tert-OH is 2. The molecule has 0 rings (SSSR count). The van der Waals surface area contributed by atoms with Gasteiger partial charge in [0.1, 0.15) is 13.7 Å². The molecule has 0 aromatic carbocycles. The molecule has 0 heterocycles. The molecule has 0 aromatic heterocycles. The Morgan fingerprint density at radius 3 is 2.60 bits per heavy atom. The molecule has 0 fully saturated rings. The Morgan fingerprint density at radius 2 is 2.30 bits per heavy atom. The zero-order valence-electron chi connectivity index (χ0n) is 5.56. The molecule has 5 nitrogen and oxygen atoms in total. The van der Waals surface area contributed by atoms with E-state index in [2.05, 4.69) is 4.52 Å². The summed E-state index contributed by atoms with van der Waals surface area (Å²) >= 11 is 0. The van der Waals surface area contributed by atoms with Gasteiger partial charge in [-0.3, -0.25) is 0 Å². The van der Waals surface area contributed by atoms with Crippen molar-refractivity contribution in [2.24, 2.45) is 0 Å². The van der Waals surface area contributed by atoms with Crippen LogP contribution in [0, 0.1) is 0 Å². The number of aliphatic hydroxyl groups is 2. The average molecular weight is 169 g/mol. The van der Waals surface area contributed by atoms with E-state index < -0.39 is 20.3 Å². The Balaban J connectivity index is 3.46. The molecule has 0 saturated heterocycles. The average Bonchev–Trinajstić information content (AvgIpc) is 1.81. The summed E-state index contributed by atoms with van der Waals surface area (Å²) in [4.78, 5) is 10.3. The first-order valence-corrected chi connectivity index (χ1v) is 4.66. The Bertz CT molecular complexity index is 130. The van der Waals surface area contributed by atoms with Crippen LogP contribution < -0.4 is 4.89 Å². The van der Waals surface area contributed by atoms with Gasteiger partial charge in [-0.2, -0.15) is 0 Å². The van der Waals surface area contributed by atoms with Crippen LogP contribution in [0.2, 0.25) is 0 Å². The van der Waals surface area contributed by atoms with Crippen molar-refractivity contribution >= 4 is 7.60 Å². The molecule has 0 aromatic rings. The molecule has 0 aliphatic heterocycles. The van der Waals surface area contributed by atoms with Crippen LogP contribution in [-0.4, -0.2) is 36.2 Å². The Hall–Kier alpha value is 0.0700. The second-order valence-electron chi connectivity index (χ2n) is 1.90. The van der Waals surface area contributed by atoms with Crippen LogP contribution in [-0.2, 0) is 9.09 Å². The summed E-state index contributed by atoms with van der Waals surface area (Å²) in [6.45, 7) is 0.0187. The molecule has 2 unspecified atom stereocenters. The van der Waals surface area contributed by atoms with E-state index in [1.807, 2.05) is 0 Å². The van der Waals surface area contributed by atoms with Gasteiger partial charge in [0.15, 0.2) is 0 Å². The lowest BCUT2D eigenvalue weighted by Crippen LogP contribution is -2.20. The summed E-state index contributed by atoms with van der Waals surface area (Å²) in [6.07, 6.45) is -1.12. The molecule has 0 aliphatic carbocycles. The number of hydrogen-bond donors (Lipinski definition) is 2. The van der Waals surface area contributed by atoms with Gasteiger partial charge < -0.3 is 24.2 Å². The first-order valence-electron chi connectivity index (χ1n) is 2.67. The minimum Gasteiger partial charge on any atom is -0.779 e. The van der Waals surface area contributed by atoms with Crippen LogP contribution >= 0.6 is 7.60 Å². The second-order valence-corrected chi connectivity index (χ2v) is 3.70. The summed E-state index contributed by atoms with van der Waals surface area (Å²) in [5, 5.41) is 16.8. The standard InChI is InChI=1S/C4H11O5P/c1-10(7,8)9-3-4(6)2-5/h4-6H,2-3H2,1H3,(H,7,8)/p-1. The maximum Gasteiger partial charge on any atom is 0.131 e. The van der Waals surface area contributed by atoms with Gasteiger partial charge in [-0.25, -0.2) is 0 Å². The Labute approximate surface area is 58.8 Å². The lowest BCUT2D eigenvalue weighted by molar-refractivity contribution is -0.198. The normalized spacial score (nSPS) is 20.0. The highest BCUT2D eigenvalue weighted by atomic mass is 31.2. The fraction of sp³-hybridized carbons (Fsp3) is 1.00. The molecule has 0 radical (unpaired) electrons. The third-order valence-electron chi connectivity index (χ3n) is 0.712. The highest BCUT2D eigenvalue weighted by Crippen LogP contribution is 2.30. The highest BCUT2D eigenvalue weighted by Gasteiger charge is 2.05. The SMILES string of the molecule is CP(=O)([O-])OCC(O)CO. The van der Waals surface area contributed by atoms with E-state index in [1.165, 1.54) is 0 Å². The van der Waals surface area contributed by atoms with E-state index >= 15 is 0 Å². The highest BCUT2D eigenvalue weighted by molar-refractivity contribution is 7.50. The minimum atomic E-state index is -3.75. The van der Waals surface area contributed by atoms with E-state index in [1.54, 1.807) is 0 Å². The summed E-state index contributed by atoms with van der Waals surface area (Å²) in [5.74, 6) is 0. The molecule has 2 N–H and O–H groups in total. The van der Waals surface area contributed by atoms with E-state index in [0.717, 1.165) is 6.66 Å². The Morgan fingerprint density at radius 1 is 1.80 bits per heavy atom. The maximum atomic E-state index is 10.3. The zero-order chi connectivity index (χ0) is 8.20. The van der Waals surface area contributed by atoms with Gasteiger partial charge >= 0.3 is 0 Å². The van der Waals surface area contributed by atoms with Crippen LogP contribution in [0.4, 0.5) is 0 Å². The monoisotopic (exact) mass is 169 g/mol. The molecule has 2 atom stereocenters. The lowest BCUT2D eigenvalue weighted by Gasteiger charge is -2.18. The molecule has 62 valence electrons. The summed E-state index contributed by atoms with van der Waals surface area (Å²) in [6, 6.07) is 0. The molecular formula is C4H10O5P-. The van der Waals surface area contributed by atoms with Crippen molar-refractivity contribution in [1.29, 1.82) is 0 Å². The van der Waals surface area contributed by atoms with Crippen molar-refractivity contribution in [3.05, 3.63) is 0 Å². The first-order chi connectivity index (χ1) is 4.45. The molecule has 10 heavy (non-hydrogen) atoms. The van der Waals surface area contributed by atoms with E-state index in [0.29, 0.717) is 0 Å². The Kier molecular flexibility index (Phi) is 4.08. The van der Waals surface area contributed by atoms with Crippen molar-refractivity contribution in [2.75, 3.05) is 19.9 Å². The van der Waals surface area contributed by atoms with Gasteiger partial charge in [0.25, 0.3) is 0 Å². The molecule has 0 amide bonds. The topological polar surface area (TPSA) is 89.8 Å². The van der Waals surface area contributed by atoms with Crippen LogP contribution in [0.1, 0.15) is 0 Å². The van der Waals surface area contributed by atoms with Crippen molar-refractivity contribution in [3.63, 3.8) is 0 Å². The predicted molar refractivity (Wildman–Crippen MR) is 32.6 cm³/mol. The molecule has 6 heteroatoms. The van der Waals surface area contributed by atoms with Crippen LogP contribution in [0.25, 0.3) is 0 Å². The minimum absolute atomic E-state index is 0.381. The molecule has 0 saturated carbocycles. The van der Waals surface area contributed by atoms with Crippen LogP contribution in [0.5, 0.6) is 0 Å². The summed E-state index contributed by atoms with van der Waals surface area (Å²) in [7, 11) is -3.75.